The molecule has 3 aromatic carbocycles. The van der Waals surface area contributed by atoms with E-state index in [0.717, 1.165) is 49.9 Å². The molecule has 1 amide bonds. The van der Waals surface area contributed by atoms with Gasteiger partial charge in [-0.1, -0.05) is 91.0 Å². The van der Waals surface area contributed by atoms with Gasteiger partial charge in [-0.2, -0.15) is 43.8 Å². The van der Waals surface area contributed by atoms with E-state index in [1.165, 1.54) is 30.7 Å². The second kappa shape index (κ2) is 27.3. The summed E-state index contributed by atoms with van der Waals surface area (Å²) in [6.07, 6.45) is 13.5. The van der Waals surface area contributed by atoms with Gasteiger partial charge in [0.2, 0.25) is 35.3 Å². The van der Waals surface area contributed by atoms with Crippen LogP contribution in [-0.4, -0.2) is 154 Å². The van der Waals surface area contributed by atoms with Crippen LogP contribution in [0.3, 0.4) is 0 Å². The number of aliphatic carboxylic acids is 1. The van der Waals surface area contributed by atoms with Gasteiger partial charge in [-0.25, -0.2) is 38.6 Å². The van der Waals surface area contributed by atoms with Gasteiger partial charge in [0, 0.05) is 25.9 Å². The molecular formula is C74H75N23O9. The average molecular weight is 1430 g/mol. The first-order chi connectivity index (χ1) is 51.1. The van der Waals surface area contributed by atoms with Crippen LogP contribution in [0.5, 0.6) is 0 Å². The monoisotopic (exact) mass is 1430 g/mol. The van der Waals surface area contributed by atoms with Gasteiger partial charge < -0.3 is 50.5 Å². The van der Waals surface area contributed by atoms with E-state index in [1.54, 1.807) is 107 Å². The number of carbonyl (C=O) groups excluding carboxylic acids is 3. The van der Waals surface area contributed by atoms with Crippen LogP contribution < -0.4 is 22.5 Å². The predicted octanol–water partition coefficient (Wildman–Crippen LogP) is 9.89. The summed E-state index contributed by atoms with van der Waals surface area (Å²) in [5.74, 6) is 2.14. The SMILES string of the molecule is CC(C(=O)C[C@@H]1CCCNC1)(c1ccccc1)n1ncc2c1nc(N)n1nc(-c3ccco3)nc21.CC(C(=O)O)(c1ccccc1)n1ncc2c1nc(N)n1nc(-c3ccco3)nc21.CC(C)(C)OC(=O)N1CCC[C@@H](CC(=O)C(C)(c2ccccc2)n2ncc3c2nc(N)n2nc(-c4ccco4)nc32)C1. The minimum absolute atomic E-state index is 0.0271. The number of benzene rings is 3. The summed E-state index contributed by atoms with van der Waals surface area (Å²) in [7, 11) is 0. The van der Waals surface area contributed by atoms with Crippen molar-refractivity contribution in [3.05, 3.63) is 181 Å². The fourth-order valence-electron chi connectivity index (χ4n) is 13.9. The number of ketones is 2. The van der Waals surface area contributed by atoms with Crippen molar-refractivity contribution in [2.75, 3.05) is 43.4 Å². The number of furan rings is 3. The molecule has 2 aliphatic heterocycles. The molecule has 106 heavy (non-hydrogen) atoms. The largest absolute Gasteiger partial charge is 0.479 e. The van der Waals surface area contributed by atoms with Crippen LogP contribution in [0.4, 0.5) is 22.6 Å². The van der Waals surface area contributed by atoms with Crippen LogP contribution in [-0.2, 0) is 35.7 Å². The molecule has 0 radical (unpaired) electrons. The number of anilines is 3. The lowest BCUT2D eigenvalue weighted by molar-refractivity contribution is -0.144. The molecule has 3 unspecified atom stereocenters. The molecule has 8 N–H and O–H groups in total. The summed E-state index contributed by atoms with van der Waals surface area (Å²) in [5.41, 5.74) is 19.1. The maximum atomic E-state index is 14.4. The highest BCUT2D eigenvalue weighted by Gasteiger charge is 2.44. The Kier molecular flexibility index (Phi) is 17.7. The number of hydrogen-bond donors (Lipinski definition) is 5. The minimum Gasteiger partial charge on any atom is -0.479 e. The van der Waals surface area contributed by atoms with Gasteiger partial charge in [0.1, 0.15) is 16.7 Å². The highest BCUT2D eigenvalue weighted by molar-refractivity contribution is 5.97. The first-order valence-electron chi connectivity index (χ1n) is 34.6. The number of carboxylic acids is 1. The van der Waals surface area contributed by atoms with E-state index in [4.69, 9.17) is 40.3 Å². The number of rotatable bonds is 16. The number of nitrogens with two attached hydrogens (primary N) is 3. The van der Waals surface area contributed by atoms with Crippen molar-refractivity contribution in [3.63, 3.8) is 0 Å². The molecule has 2 fully saturated rings. The summed E-state index contributed by atoms with van der Waals surface area (Å²) < 4.78 is 30.8. The molecule has 0 bridgehead atoms. The maximum Gasteiger partial charge on any atom is 0.410 e. The fourth-order valence-corrected chi connectivity index (χ4v) is 13.9. The molecule has 32 heteroatoms. The number of nitrogens with one attached hydrogen (secondary N) is 1. The van der Waals surface area contributed by atoms with Crippen LogP contribution >= 0.6 is 0 Å². The number of carbonyl (C=O) groups is 4. The number of nitrogen functional groups attached to an aromatic ring is 3. The van der Waals surface area contributed by atoms with Gasteiger partial charge >= 0.3 is 12.1 Å². The van der Waals surface area contributed by atoms with Crippen LogP contribution in [0.2, 0.25) is 0 Å². The zero-order valence-electron chi connectivity index (χ0n) is 58.8. The van der Waals surface area contributed by atoms with Crippen molar-refractivity contribution >= 4 is 91.5 Å². The number of piperidine rings is 2. The second-order valence-corrected chi connectivity index (χ2v) is 27.8. The maximum absolute atomic E-state index is 14.4. The molecule has 0 aliphatic carbocycles. The Labute approximate surface area is 603 Å². The number of nitrogens with zero attached hydrogens (tertiary/aromatic N) is 19. The van der Waals surface area contributed by atoms with E-state index < -0.39 is 28.2 Å². The van der Waals surface area contributed by atoms with E-state index in [9.17, 15) is 24.3 Å². The third-order valence-electron chi connectivity index (χ3n) is 19.6. The van der Waals surface area contributed by atoms with E-state index >= 15 is 0 Å². The third-order valence-corrected chi connectivity index (χ3v) is 19.6. The van der Waals surface area contributed by atoms with E-state index in [2.05, 4.69) is 60.7 Å². The lowest BCUT2D eigenvalue weighted by atomic mass is 9.81. The topological polar surface area (TPSA) is 413 Å². The Hall–Kier alpha value is -13.0. The van der Waals surface area contributed by atoms with Crippen LogP contribution in [0, 0.1) is 11.8 Å². The summed E-state index contributed by atoms with van der Waals surface area (Å²) in [6.45, 7) is 13.8. The smallest absolute Gasteiger partial charge is 0.410 e. The quantitative estimate of drug-likeness (QED) is 0.0600. The van der Waals surface area contributed by atoms with Crippen molar-refractivity contribution in [2.24, 2.45) is 11.8 Å². The molecule has 0 spiro atoms. The number of likely N-dealkylation sites (tertiary alicyclic amines) is 1. The van der Waals surface area contributed by atoms with E-state index in [-0.39, 0.29) is 53.8 Å². The lowest BCUT2D eigenvalue weighted by Crippen LogP contribution is -2.46. The molecule has 2 saturated heterocycles. The van der Waals surface area contributed by atoms with Gasteiger partial charge in [0.05, 0.1) is 53.5 Å². The second-order valence-electron chi connectivity index (χ2n) is 27.8. The van der Waals surface area contributed by atoms with Gasteiger partial charge in [-0.15, -0.1) is 15.3 Å². The number of fused-ring (bicyclic) bond motifs is 9. The third kappa shape index (κ3) is 12.4. The summed E-state index contributed by atoms with van der Waals surface area (Å²) in [5, 5.41) is 42.2. The first-order valence-corrected chi connectivity index (χ1v) is 34.6. The Balaban J connectivity index is 0.000000129. The number of Topliss-reactive ketones (excluding diaryl/α,β-unsaturated/α-hetero) is 2. The van der Waals surface area contributed by atoms with Crippen molar-refractivity contribution < 1.29 is 42.3 Å². The van der Waals surface area contributed by atoms with Gasteiger partial charge in [-0.05, 0) is 145 Å². The Morgan fingerprint density at radius 2 is 0.868 bits per heavy atom. The predicted molar refractivity (Wildman–Crippen MR) is 389 cm³/mol. The standard InChI is InChI=1S/C30H34N8O4.C25H26N8O2.C19H15N7O3/c1-29(2,3)42-28(40)36-14-8-10-19(18-36)16-23(39)30(4,20-11-6-5-7-12-20)38-26-21(17-32-38)25-33-24(22-13-9-15-41-22)35-37(25)27(31)34-26;1-25(17-8-3-2-4-9-17,20(34)13-16-7-5-11-27-14-16)33-23-18(15-28-33)22-29-21(19-10-6-12-35-19)31-32(22)24(26)30-23;1-19(17(27)28,11-6-3-2-4-7-11)26-16-12(10-21-26)15-22-14(13-8-5-9-29-13)24-25(15)18(20)23-16/h5-7,9,11-13,15,17,19H,8,10,14,16,18H2,1-4H3,(H2,31,34);2-4,6,8-10,12,15-16,27H,5,7,11,13-14H2,1H3,(H2,26,30);2-10H,1H3,(H2,20,23)(H,27,28)/t19-,30?;16-,25?;/m00./s1. The lowest BCUT2D eigenvalue weighted by Gasteiger charge is -2.36. The van der Waals surface area contributed by atoms with Gasteiger partial charge in [0.15, 0.2) is 68.3 Å². The van der Waals surface area contributed by atoms with Crippen LogP contribution in [0.25, 0.3) is 84.8 Å². The molecule has 540 valence electrons. The molecule has 32 nitrogen and oxygen atoms in total. The van der Waals surface area contributed by atoms with E-state index in [0.29, 0.717) is 110 Å². The zero-order chi connectivity index (χ0) is 73.8. The van der Waals surface area contributed by atoms with Crippen molar-refractivity contribution in [3.8, 4) is 34.8 Å². The molecule has 5 atom stereocenters. The fraction of sp³-hybridized carbons (Fsp3) is 0.297. The van der Waals surface area contributed by atoms with Crippen molar-refractivity contribution in [1.29, 1.82) is 0 Å². The van der Waals surface area contributed by atoms with Crippen molar-refractivity contribution in [1.82, 2.24) is 98.3 Å². The van der Waals surface area contributed by atoms with E-state index in [1.807, 2.05) is 101 Å². The number of aromatic nitrogens is 18. The normalized spacial score (nSPS) is 16.6. The Bertz CT molecular complexity index is 5720. The minimum atomic E-state index is -1.50. The summed E-state index contributed by atoms with van der Waals surface area (Å²) in [6, 6.07) is 38.6. The number of amides is 1. The first kappa shape index (κ1) is 68.8. The van der Waals surface area contributed by atoms with Crippen molar-refractivity contribution in [2.45, 2.75) is 102 Å². The molecule has 0 saturated carbocycles. The molecule has 15 aromatic rings. The molecular weight excluding hydrogens is 1350 g/mol. The van der Waals surface area contributed by atoms with Crippen LogP contribution in [0.1, 0.15) is 96.8 Å². The Morgan fingerprint density at radius 1 is 0.491 bits per heavy atom. The average Bonchev–Trinajstić information content (AvgIpc) is 1.53. The number of hydrogen-bond acceptors (Lipinski definition) is 24. The number of ether oxygens (including phenoxy) is 1. The van der Waals surface area contributed by atoms with Gasteiger partial charge in [0.25, 0.3) is 0 Å². The zero-order valence-corrected chi connectivity index (χ0v) is 58.8. The highest BCUT2D eigenvalue weighted by Crippen LogP contribution is 2.39. The highest BCUT2D eigenvalue weighted by atomic mass is 16.6. The summed E-state index contributed by atoms with van der Waals surface area (Å²) in [4.78, 5) is 82.6. The molecule has 14 heterocycles. The summed E-state index contributed by atoms with van der Waals surface area (Å²) >= 11 is 0. The molecule has 17 rings (SSSR count). The molecule has 12 aromatic heterocycles. The van der Waals surface area contributed by atoms with Crippen LogP contribution in [0.15, 0.2) is 178 Å². The van der Waals surface area contributed by atoms with Gasteiger partial charge in [-0.3, -0.25) is 9.59 Å². The molecule has 2 aliphatic rings. The Morgan fingerprint density at radius 3 is 1.23 bits per heavy atom. The number of carboxylic acid groups (broad SMARTS) is 1.